The lowest BCUT2D eigenvalue weighted by molar-refractivity contribution is 0.0923. The highest BCUT2D eigenvalue weighted by Crippen LogP contribution is 2.23. The van der Waals surface area contributed by atoms with E-state index in [1.165, 1.54) is 6.39 Å². The van der Waals surface area contributed by atoms with Crippen LogP contribution in [-0.4, -0.2) is 41.7 Å². The Morgan fingerprint density at radius 3 is 2.67 bits per heavy atom. The molecule has 1 fully saturated rings. The van der Waals surface area contributed by atoms with Crippen molar-refractivity contribution >= 4 is 30.7 Å². The molecular formula is C16H21Cl2N3O3. The lowest BCUT2D eigenvalue weighted by atomic mass is 10.1. The summed E-state index contributed by atoms with van der Waals surface area (Å²) in [7, 11) is 0. The lowest BCUT2D eigenvalue weighted by Gasteiger charge is -2.13. The highest BCUT2D eigenvalue weighted by Gasteiger charge is 2.26. The number of nitrogens with zero attached hydrogens (tertiary/aromatic N) is 1. The first-order valence-corrected chi connectivity index (χ1v) is 7.32. The Hall–Kier alpha value is -1.60. The Morgan fingerprint density at radius 2 is 2.04 bits per heavy atom. The summed E-state index contributed by atoms with van der Waals surface area (Å²) in [6, 6.07) is 7.72. The molecule has 8 heteroatoms. The minimum absolute atomic E-state index is 0. The number of oxazole rings is 1. The van der Waals surface area contributed by atoms with E-state index in [1.54, 1.807) is 0 Å². The van der Waals surface area contributed by atoms with E-state index in [9.17, 15) is 9.90 Å². The number of halogens is 2. The first-order chi connectivity index (χ1) is 10.6. The molecule has 1 aromatic heterocycles. The van der Waals surface area contributed by atoms with E-state index in [0.717, 1.165) is 11.1 Å². The van der Waals surface area contributed by atoms with E-state index in [0.29, 0.717) is 25.4 Å². The van der Waals surface area contributed by atoms with Crippen molar-refractivity contribution in [2.24, 2.45) is 5.92 Å². The average Bonchev–Trinajstić information content (AvgIpc) is 3.15. The SMILES string of the molecule is Cc1ccc(-c2ocnc2C(=O)NCC2CNCC2O)cc1.Cl.Cl. The minimum Gasteiger partial charge on any atom is -0.443 e. The van der Waals surface area contributed by atoms with Crippen LogP contribution in [-0.2, 0) is 0 Å². The second kappa shape index (κ2) is 9.03. The molecule has 3 N–H and O–H groups in total. The van der Waals surface area contributed by atoms with E-state index < -0.39 is 6.10 Å². The fourth-order valence-corrected chi connectivity index (χ4v) is 2.55. The predicted octanol–water partition coefficient (Wildman–Crippen LogP) is 1.80. The number of aryl methyl sites for hydroxylation is 1. The maximum absolute atomic E-state index is 12.3. The molecule has 1 aromatic carbocycles. The van der Waals surface area contributed by atoms with E-state index in [1.807, 2.05) is 31.2 Å². The Labute approximate surface area is 152 Å². The first kappa shape index (κ1) is 20.4. The van der Waals surface area contributed by atoms with Gasteiger partial charge in [0.2, 0.25) is 0 Å². The first-order valence-electron chi connectivity index (χ1n) is 7.32. The molecule has 0 saturated carbocycles. The highest BCUT2D eigenvalue weighted by molar-refractivity contribution is 5.97. The lowest BCUT2D eigenvalue weighted by Crippen LogP contribution is -2.34. The number of aliphatic hydroxyl groups is 1. The fourth-order valence-electron chi connectivity index (χ4n) is 2.55. The van der Waals surface area contributed by atoms with Crippen LogP contribution in [0.1, 0.15) is 16.1 Å². The number of carbonyl (C=O) groups is 1. The zero-order chi connectivity index (χ0) is 15.5. The van der Waals surface area contributed by atoms with Crippen LogP contribution < -0.4 is 10.6 Å². The van der Waals surface area contributed by atoms with Crippen molar-refractivity contribution in [3.8, 4) is 11.3 Å². The molecular weight excluding hydrogens is 353 g/mol. The summed E-state index contributed by atoms with van der Waals surface area (Å²) >= 11 is 0. The number of hydrogen-bond acceptors (Lipinski definition) is 5. The zero-order valence-electron chi connectivity index (χ0n) is 13.2. The second-order valence-electron chi connectivity index (χ2n) is 5.59. The van der Waals surface area contributed by atoms with Gasteiger partial charge in [-0.15, -0.1) is 24.8 Å². The van der Waals surface area contributed by atoms with Gasteiger partial charge in [0.15, 0.2) is 17.8 Å². The Kier molecular flexibility index (Phi) is 7.69. The molecule has 0 spiro atoms. The van der Waals surface area contributed by atoms with Crippen LogP contribution in [0.5, 0.6) is 0 Å². The number of amides is 1. The van der Waals surface area contributed by atoms with Gasteiger partial charge in [0, 0.05) is 31.1 Å². The van der Waals surface area contributed by atoms with Crippen molar-refractivity contribution in [2.45, 2.75) is 13.0 Å². The molecule has 1 aliphatic heterocycles. The smallest absolute Gasteiger partial charge is 0.273 e. The third-order valence-corrected chi connectivity index (χ3v) is 3.93. The molecule has 1 amide bonds. The third kappa shape index (κ3) is 4.48. The molecule has 2 aromatic rings. The number of nitrogens with one attached hydrogen (secondary N) is 2. The van der Waals surface area contributed by atoms with Gasteiger partial charge in [-0.3, -0.25) is 4.79 Å². The summed E-state index contributed by atoms with van der Waals surface area (Å²) in [5.41, 5.74) is 2.22. The molecule has 1 aliphatic rings. The number of β-amino-alcohol motifs (C(OH)–C–C–N with tert-alkyl or cyclic N) is 1. The van der Waals surface area contributed by atoms with E-state index in [-0.39, 0.29) is 42.3 Å². The van der Waals surface area contributed by atoms with Crippen LogP contribution in [0.4, 0.5) is 0 Å². The van der Waals surface area contributed by atoms with Crippen LogP contribution in [0.3, 0.4) is 0 Å². The van der Waals surface area contributed by atoms with Gasteiger partial charge >= 0.3 is 0 Å². The van der Waals surface area contributed by atoms with Crippen molar-refractivity contribution in [2.75, 3.05) is 19.6 Å². The summed E-state index contributed by atoms with van der Waals surface area (Å²) in [5, 5.41) is 15.6. The van der Waals surface area contributed by atoms with Gasteiger partial charge in [-0.1, -0.05) is 29.8 Å². The number of benzene rings is 1. The monoisotopic (exact) mass is 373 g/mol. The molecule has 132 valence electrons. The Morgan fingerprint density at radius 1 is 1.33 bits per heavy atom. The normalized spacial score (nSPS) is 19.2. The van der Waals surface area contributed by atoms with Gasteiger partial charge < -0.3 is 20.2 Å². The Bertz CT molecular complexity index is 661. The Balaban J connectivity index is 0.00000144. The third-order valence-electron chi connectivity index (χ3n) is 3.93. The fraction of sp³-hybridized carbons (Fsp3) is 0.375. The van der Waals surface area contributed by atoms with Gasteiger partial charge in [-0.05, 0) is 6.92 Å². The predicted molar refractivity (Wildman–Crippen MR) is 95.9 cm³/mol. The van der Waals surface area contributed by atoms with Crippen LogP contribution in [0, 0.1) is 12.8 Å². The van der Waals surface area contributed by atoms with Gasteiger partial charge in [0.05, 0.1) is 6.10 Å². The molecule has 3 rings (SSSR count). The molecule has 6 nitrogen and oxygen atoms in total. The molecule has 1 saturated heterocycles. The molecule has 2 heterocycles. The van der Waals surface area contributed by atoms with Crippen molar-refractivity contribution < 1.29 is 14.3 Å². The second-order valence-corrected chi connectivity index (χ2v) is 5.59. The maximum atomic E-state index is 12.3. The molecule has 0 bridgehead atoms. The molecule has 24 heavy (non-hydrogen) atoms. The summed E-state index contributed by atoms with van der Waals surface area (Å²) < 4.78 is 5.37. The quantitative estimate of drug-likeness (QED) is 0.760. The van der Waals surface area contributed by atoms with Crippen molar-refractivity contribution in [3.05, 3.63) is 41.9 Å². The maximum Gasteiger partial charge on any atom is 0.273 e. The van der Waals surface area contributed by atoms with Gasteiger partial charge in [0.25, 0.3) is 5.91 Å². The van der Waals surface area contributed by atoms with Crippen molar-refractivity contribution in [1.82, 2.24) is 15.6 Å². The number of aliphatic hydroxyl groups excluding tert-OH is 1. The summed E-state index contributed by atoms with van der Waals surface area (Å²) in [4.78, 5) is 16.3. The number of aromatic nitrogens is 1. The van der Waals surface area contributed by atoms with E-state index in [2.05, 4.69) is 15.6 Å². The minimum atomic E-state index is -0.422. The standard InChI is InChI=1S/C16H19N3O3.2ClH/c1-10-2-4-11(5-3-10)15-14(19-9-22-15)16(21)18-7-12-6-17-8-13(12)20;;/h2-5,9,12-13,17,20H,6-8H2,1H3,(H,18,21);2*1H. The topological polar surface area (TPSA) is 87.4 Å². The number of hydrogen-bond donors (Lipinski definition) is 3. The summed E-state index contributed by atoms with van der Waals surface area (Å²) in [6.07, 6.45) is 0.852. The zero-order valence-corrected chi connectivity index (χ0v) is 14.8. The average molecular weight is 374 g/mol. The van der Waals surface area contributed by atoms with Crippen molar-refractivity contribution in [1.29, 1.82) is 0 Å². The molecule has 0 aliphatic carbocycles. The molecule has 0 radical (unpaired) electrons. The molecule has 2 atom stereocenters. The summed E-state index contributed by atoms with van der Waals surface area (Å²) in [6.45, 7) is 3.68. The van der Waals surface area contributed by atoms with Crippen LogP contribution in [0.25, 0.3) is 11.3 Å². The van der Waals surface area contributed by atoms with Crippen molar-refractivity contribution in [3.63, 3.8) is 0 Å². The van der Waals surface area contributed by atoms with Gasteiger partial charge in [0.1, 0.15) is 0 Å². The van der Waals surface area contributed by atoms with Gasteiger partial charge in [-0.2, -0.15) is 0 Å². The summed E-state index contributed by atoms with van der Waals surface area (Å²) in [5.74, 6) is 0.199. The van der Waals surface area contributed by atoms with E-state index >= 15 is 0 Å². The van der Waals surface area contributed by atoms with Gasteiger partial charge in [-0.25, -0.2) is 4.98 Å². The number of carbonyl (C=O) groups excluding carboxylic acids is 1. The van der Waals surface area contributed by atoms with Crippen LogP contribution in [0.15, 0.2) is 35.1 Å². The van der Waals surface area contributed by atoms with Crippen LogP contribution >= 0.6 is 24.8 Å². The largest absolute Gasteiger partial charge is 0.443 e. The number of rotatable bonds is 4. The van der Waals surface area contributed by atoms with E-state index in [4.69, 9.17) is 4.42 Å². The highest BCUT2D eigenvalue weighted by atomic mass is 35.5. The van der Waals surface area contributed by atoms with Crippen LogP contribution in [0.2, 0.25) is 0 Å². The molecule has 2 unspecified atom stereocenters.